The summed E-state index contributed by atoms with van der Waals surface area (Å²) in [5, 5.41) is 0. The number of aliphatic imine (C=N–C) groups is 1. The van der Waals surface area contributed by atoms with E-state index in [0.717, 1.165) is 24.8 Å². The lowest BCUT2D eigenvalue weighted by atomic mass is 9.71. The van der Waals surface area contributed by atoms with E-state index in [1.807, 2.05) is 18.2 Å². The Hall–Kier alpha value is -1.80. The number of nitrogens with zero attached hydrogens (tertiary/aromatic N) is 1. The van der Waals surface area contributed by atoms with Gasteiger partial charge in [-0.1, -0.05) is 6.07 Å². The smallest absolute Gasteiger partial charge is 0.235 e. The molecule has 4 nitrogen and oxygen atoms in total. The molecule has 4 heteroatoms. The van der Waals surface area contributed by atoms with Gasteiger partial charge in [0, 0.05) is 0 Å². The van der Waals surface area contributed by atoms with E-state index < -0.39 is 5.54 Å². The van der Waals surface area contributed by atoms with Crippen LogP contribution in [0, 0.1) is 0 Å². The molecule has 0 saturated heterocycles. The molecule has 0 aromatic heterocycles. The first-order valence-corrected chi connectivity index (χ1v) is 5.58. The monoisotopic (exact) mass is 233 g/mol. The minimum absolute atomic E-state index is 0.500. The largest absolute Gasteiger partial charge is 0.496 e. The second-order valence-electron chi connectivity index (χ2n) is 4.13. The van der Waals surface area contributed by atoms with Crippen LogP contribution in [0.5, 0.6) is 11.5 Å². The van der Waals surface area contributed by atoms with Crippen LogP contribution in [0.15, 0.2) is 23.2 Å². The molecule has 0 aliphatic heterocycles. The topological polar surface area (TPSA) is 47.9 Å². The number of methoxy groups -OCH3 is 2. The molecule has 0 amide bonds. The molecule has 1 aliphatic carbocycles. The van der Waals surface area contributed by atoms with Crippen LogP contribution < -0.4 is 9.47 Å². The average molecular weight is 233 g/mol. The van der Waals surface area contributed by atoms with Gasteiger partial charge in [-0.2, -0.15) is 4.99 Å². The van der Waals surface area contributed by atoms with E-state index >= 15 is 0 Å². The molecule has 17 heavy (non-hydrogen) atoms. The molecule has 1 aliphatic rings. The Labute approximate surface area is 100 Å². The molecule has 0 atom stereocenters. The fourth-order valence-electron chi connectivity index (χ4n) is 2.33. The SMILES string of the molecule is COc1cccc(OC)c1C1(N=C=O)CCC1. The number of carbonyl (C=O) groups excluding carboxylic acids is 1. The molecule has 0 radical (unpaired) electrons. The maximum Gasteiger partial charge on any atom is 0.235 e. The van der Waals surface area contributed by atoms with Gasteiger partial charge in [-0.05, 0) is 31.4 Å². The minimum atomic E-state index is -0.500. The second-order valence-corrected chi connectivity index (χ2v) is 4.13. The highest BCUT2D eigenvalue weighted by Crippen LogP contribution is 2.51. The zero-order valence-corrected chi connectivity index (χ0v) is 10.0. The summed E-state index contributed by atoms with van der Waals surface area (Å²) in [7, 11) is 3.21. The van der Waals surface area contributed by atoms with Crippen LogP contribution in [0.3, 0.4) is 0 Å². The zero-order chi connectivity index (χ0) is 12.3. The molecule has 0 N–H and O–H groups in total. The van der Waals surface area contributed by atoms with Crippen LogP contribution in [-0.4, -0.2) is 20.3 Å². The summed E-state index contributed by atoms with van der Waals surface area (Å²) in [6.07, 6.45) is 4.39. The summed E-state index contributed by atoms with van der Waals surface area (Å²) in [5.74, 6) is 1.42. The van der Waals surface area contributed by atoms with Gasteiger partial charge in [-0.3, -0.25) is 0 Å². The highest BCUT2D eigenvalue weighted by molar-refractivity contribution is 5.52. The van der Waals surface area contributed by atoms with E-state index in [4.69, 9.17) is 9.47 Å². The Morgan fingerprint density at radius 2 is 1.82 bits per heavy atom. The lowest BCUT2D eigenvalue weighted by Crippen LogP contribution is -2.32. The lowest BCUT2D eigenvalue weighted by molar-refractivity contribution is 0.236. The summed E-state index contributed by atoms with van der Waals surface area (Å²) < 4.78 is 10.7. The van der Waals surface area contributed by atoms with Crippen LogP contribution in [-0.2, 0) is 10.3 Å². The number of rotatable bonds is 4. The van der Waals surface area contributed by atoms with E-state index in [9.17, 15) is 4.79 Å². The first kappa shape index (κ1) is 11.7. The van der Waals surface area contributed by atoms with Gasteiger partial charge in [0.15, 0.2) is 0 Å². The highest BCUT2D eigenvalue weighted by Gasteiger charge is 2.43. The van der Waals surface area contributed by atoms with Crippen molar-refractivity contribution >= 4 is 6.08 Å². The highest BCUT2D eigenvalue weighted by atomic mass is 16.5. The molecule has 1 fully saturated rings. The third-order valence-corrected chi connectivity index (χ3v) is 3.33. The van der Waals surface area contributed by atoms with Crippen LogP contribution in [0.1, 0.15) is 24.8 Å². The quantitative estimate of drug-likeness (QED) is 0.592. The third kappa shape index (κ3) is 1.81. The first-order valence-electron chi connectivity index (χ1n) is 5.58. The number of benzene rings is 1. The van der Waals surface area contributed by atoms with Gasteiger partial charge in [0.05, 0.1) is 19.8 Å². The molecule has 1 aromatic rings. The van der Waals surface area contributed by atoms with E-state index in [1.54, 1.807) is 20.3 Å². The van der Waals surface area contributed by atoms with Crippen LogP contribution in [0.25, 0.3) is 0 Å². The number of isocyanates is 1. The molecule has 0 spiro atoms. The molecular weight excluding hydrogens is 218 g/mol. The standard InChI is InChI=1S/C13H15NO3/c1-16-10-5-3-6-11(17-2)12(10)13(14-9-15)7-4-8-13/h3,5-6H,4,7-8H2,1-2H3. The van der Waals surface area contributed by atoms with Gasteiger partial charge in [0.2, 0.25) is 6.08 Å². The van der Waals surface area contributed by atoms with Gasteiger partial charge < -0.3 is 9.47 Å². The van der Waals surface area contributed by atoms with E-state index in [0.29, 0.717) is 11.5 Å². The van der Waals surface area contributed by atoms with Gasteiger partial charge >= 0.3 is 0 Å². The molecule has 0 unspecified atom stereocenters. The van der Waals surface area contributed by atoms with E-state index in [-0.39, 0.29) is 0 Å². The Kier molecular flexibility index (Phi) is 3.16. The third-order valence-electron chi connectivity index (χ3n) is 3.33. The molecular formula is C13H15NO3. The van der Waals surface area contributed by atoms with Crippen molar-refractivity contribution in [3.05, 3.63) is 23.8 Å². The van der Waals surface area contributed by atoms with Crippen LogP contribution in [0.2, 0.25) is 0 Å². The number of hydrogen-bond donors (Lipinski definition) is 0. The normalized spacial score (nSPS) is 16.6. The molecule has 1 aromatic carbocycles. The van der Waals surface area contributed by atoms with E-state index in [2.05, 4.69) is 4.99 Å². The van der Waals surface area contributed by atoms with Crippen molar-refractivity contribution in [2.45, 2.75) is 24.8 Å². The second kappa shape index (κ2) is 4.60. The fraction of sp³-hybridized carbons (Fsp3) is 0.462. The Morgan fingerprint density at radius 1 is 1.24 bits per heavy atom. The van der Waals surface area contributed by atoms with Crippen molar-refractivity contribution in [1.82, 2.24) is 0 Å². The van der Waals surface area contributed by atoms with Crippen molar-refractivity contribution in [2.24, 2.45) is 4.99 Å². The van der Waals surface area contributed by atoms with Crippen molar-refractivity contribution < 1.29 is 14.3 Å². The Balaban J connectivity index is 2.59. The predicted octanol–water partition coefficient (Wildman–Crippen LogP) is 2.42. The predicted molar refractivity (Wildman–Crippen MR) is 63.2 cm³/mol. The molecule has 2 rings (SSSR count). The van der Waals surface area contributed by atoms with E-state index in [1.165, 1.54) is 0 Å². The number of ether oxygens (including phenoxy) is 2. The Bertz CT molecular complexity index is 437. The fourth-order valence-corrected chi connectivity index (χ4v) is 2.33. The summed E-state index contributed by atoms with van der Waals surface area (Å²) in [5.41, 5.74) is 0.360. The van der Waals surface area contributed by atoms with Crippen molar-refractivity contribution in [1.29, 1.82) is 0 Å². The molecule has 1 saturated carbocycles. The van der Waals surface area contributed by atoms with Crippen molar-refractivity contribution in [3.8, 4) is 11.5 Å². The summed E-state index contributed by atoms with van der Waals surface area (Å²) in [6.45, 7) is 0. The summed E-state index contributed by atoms with van der Waals surface area (Å²) >= 11 is 0. The molecule has 0 heterocycles. The van der Waals surface area contributed by atoms with Crippen molar-refractivity contribution in [3.63, 3.8) is 0 Å². The average Bonchev–Trinajstić information content (AvgIpc) is 2.33. The van der Waals surface area contributed by atoms with Crippen LogP contribution >= 0.6 is 0 Å². The van der Waals surface area contributed by atoms with Gasteiger partial charge in [-0.15, -0.1) is 0 Å². The first-order chi connectivity index (χ1) is 8.27. The lowest BCUT2D eigenvalue weighted by Gasteiger charge is -2.38. The van der Waals surface area contributed by atoms with Gasteiger partial charge in [0.1, 0.15) is 17.0 Å². The Morgan fingerprint density at radius 3 is 2.18 bits per heavy atom. The summed E-state index contributed by atoms with van der Waals surface area (Å²) in [6, 6.07) is 5.58. The van der Waals surface area contributed by atoms with Crippen molar-refractivity contribution in [2.75, 3.05) is 14.2 Å². The van der Waals surface area contributed by atoms with Gasteiger partial charge in [0.25, 0.3) is 0 Å². The maximum absolute atomic E-state index is 10.6. The minimum Gasteiger partial charge on any atom is -0.496 e. The van der Waals surface area contributed by atoms with Crippen LogP contribution in [0.4, 0.5) is 0 Å². The molecule has 0 bridgehead atoms. The number of hydrogen-bond acceptors (Lipinski definition) is 4. The summed E-state index contributed by atoms with van der Waals surface area (Å²) in [4.78, 5) is 14.6. The van der Waals surface area contributed by atoms with Gasteiger partial charge in [-0.25, -0.2) is 4.79 Å². The molecule has 90 valence electrons. The zero-order valence-electron chi connectivity index (χ0n) is 10.0. The maximum atomic E-state index is 10.6.